The summed E-state index contributed by atoms with van der Waals surface area (Å²) in [6, 6.07) is 15.9. The summed E-state index contributed by atoms with van der Waals surface area (Å²) in [7, 11) is 1.46. The molecule has 3 heterocycles. The Morgan fingerprint density at radius 2 is 1.72 bits per heavy atom. The van der Waals surface area contributed by atoms with E-state index in [1.807, 2.05) is 6.07 Å². The van der Waals surface area contributed by atoms with Crippen molar-refractivity contribution in [1.29, 1.82) is 0 Å². The first-order valence-corrected chi connectivity index (χ1v) is 17.5. The molecule has 3 aromatic carbocycles. The number of rotatable bonds is 7. The molecule has 3 fully saturated rings. The van der Waals surface area contributed by atoms with Gasteiger partial charge in [-0.2, -0.15) is 13.2 Å². The number of para-hydroxylation sites is 1. The van der Waals surface area contributed by atoms with Gasteiger partial charge < -0.3 is 24.9 Å². The number of aromatic nitrogens is 1. The van der Waals surface area contributed by atoms with Crippen molar-refractivity contribution in [1.82, 2.24) is 4.98 Å². The zero-order chi connectivity index (χ0) is 35.1. The number of carbonyl (C=O) groups excluding carboxylic acids is 3. The number of nitrogens with zero attached hydrogens (tertiary/aromatic N) is 1. The fraction of sp³-hybridized carbons (Fsp3) is 0.314. The highest BCUT2D eigenvalue weighted by molar-refractivity contribution is 8.00. The predicted octanol–water partition coefficient (Wildman–Crippen LogP) is 5.86. The minimum Gasteiger partial charge on any atom is -0.508 e. The number of alkyl halides is 3. The van der Waals surface area contributed by atoms with E-state index in [1.54, 1.807) is 24.3 Å². The number of methoxy groups -OCH3 is 1. The van der Waals surface area contributed by atoms with E-state index in [0.29, 0.717) is 28.6 Å². The molecular weight excluding hydrogens is 696 g/mol. The zero-order valence-corrected chi connectivity index (χ0v) is 27.7. The number of benzene rings is 3. The second-order valence-corrected chi connectivity index (χ2v) is 15.0. The quantitative estimate of drug-likeness (QED) is 0.159. The van der Waals surface area contributed by atoms with Crippen LogP contribution in [0, 0.1) is 29.6 Å². The highest BCUT2D eigenvalue weighted by Gasteiger charge is 2.70. The lowest BCUT2D eigenvalue weighted by Gasteiger charge is -2.43. The molecular formula is C35H28F3N3O7S2. The van der Waals surface area contributed by atoms with Crippen molar-refractivity contribution in [3.63, 3.8) is 0 Å². The van der Waals surface area contributed by atoms with Crippen molar-refractivity contribution in [3.8, 4) is 17.2 Å². The predicted molar refractivity (Wildman–Crippen MR) is 178 cm³/mol. The summed E-state index contributed by atoms with van der Waals surface area (Å²) < 4.78 is 53.4. The van der Waals surface area contributed by atoms with E-state index < -0.39 is 47.0 Å². The zero-order valence-electron chi connectivity index (χ0n) is 26.1. The molecule has 4 aliphatic rings. The van der Waals surface area contributed by atoms with Crippen LogP contribution in [0.15, 0.2) is 76.6 Å². The Morgan fingerprint density at radius 1 is 1.00 bits per heavy atom. The molecule has 2 aliphatic heterocycles. The number of phenolic OH excluding ortho intramolecular Hbond substituents is 1. The van der Waals surface area contributed by atoms with Crippen molar-refractivity contribution in [3.05, 3.63) is 92.4 Å². The van der Waals surface area contributed by atoms with Crippen LogP contribution < -0.4 is 24.6 Å². The molecule has 1 saturated heterocycles. The van der Waals surface area contributed by atoms with Gasteiger partial charge in [0.05, 0.1) is 35.2 Å². The number of anilines is 2. The van der Waals surface area contributed by atoms with E-state index >= 15 is 0 Å². The molecule has 2 bridgehead atoms. The van der Waals surface area contributed by atoms with E-state index in [1.165, 1.54) is 49.2 Å². The maximum Gasteiger partial charge on any atom is 0.418 e. The van der Waals surface area contributed by atoms with Gasteiger partial charge in [0.25, 0.3) is 5.91 Å². The number of aromatic amines is 1. The third-order valence-corrected chi connectivity index (χ3v) is 12.8. The van der Waals surface area contributed by atoms with Crippen molar-refractivity contribution in [2.24, 2.45) is 29.6 Å². The lowest BCUT2D eigenvalue weighted by molar-refractivity contribution is -0.137. The van der Waals surface area contributed by atoms with E-state index in [2.05, 4.69) is 10.3 Å². The number of ether oxygens (including phenoxy) is 2. The number of H-pyrrole nitrogens is 1. The van der Waals surface area contributed by atoms with Gasteiger partial charge in [-0.15, -0.1) is 11.8 Å². The Bertz CT molecular complexity index is 2100. The van der Waals surface area contributed by atoms with Gasteiger partial charge in [-0.3, -0.25) is 19.2 Å². The van der Waals surface area contributed by atoms with Crippen LogP contribution in [0.4, 0.5) is 24.5 Å². The lowest BCUT2D eigenvalue weighted by atomic mass is 9.68. The van der Waals surface area contributed by atoms with E-state index in [9.17, 15) is 37.5 Å². The van der Waals surface area contributed by atoms with Gasteiger partial charge in [0.2, 0.25) is 11.8 Å². The Hall–Kier alpha value is -4.76. The number of thioether (sulfide) groups is 1. The van der Waals surface area contributed by atoms with Crippen LogP contribution in [0.1, 0.15) is 28.3 Å². The molecule has 10 nitrogen and oxygen atoms in total. The Balaban J connectivity index is 1.10. The lowest BCUT2D eigenvalue weighted by Crippen LogP contribution is -2.42. The van der Waals surface area contributed by atoms with Crippen molar-refractivity contribution >= 4 is 52.2 Å². The first-order chi connectivity index (χ1) is 23.9. The van der Waals surface area contributed by atoms with Gasteiger partial charge in [0.15, 0.2) is 18.1 Å². The number of halogens is 3. The Kier molecular flexibility index (Phi) is 7.75. The van der Waals surface area contributed by atoms with Gasteiger partial charge >= 0.3 is 11.0 Å². The van der Waals surface area contributed by atoms with E-state index in [4.69, 9.17) is 9.47 Å². The van der Waals surface area contributed by atoms with Gasteiger partial charge in [0, 0.05) is 21.7 Å². The summed E-state index contributed by atoms with van der Waals surface area (Å²) in [6.07, 6.45) is -4.19. The average molecular weight is 724 g/mol. The van der Waals surface area contributed by atoms with Crippen LogP contribution in [0.3, 0.4) is 0 Å². The maximum atomic E-state index is 14.0. The normalized spacial score (nSPS) is 26.4. The highest BCUT2D eigenvalue weighted by Crippen LogP contribution is 2.69. The molecule has 2 saturated carbocycles. The molecule has 0 spiro atoms. The number of thiazole rings is 1. The summed E-state index contributed by atoms with van der Waals surface area (Å²) in [4.78, 5) is 57.4. The smallest absolute Gasteiger partial charge is 0.418 e. The SMILES string of the molecule is COc1cc([C@@H]2c3sc(=O)[nH]c3S[C@@H]3[C@@H]4C[C@@H]([C@@H]5C(=O)N(c6ccccc6C(F)(F)F)C(=O)[C@@H]45)[C@H]23)ccc1OCC(=O)Nc1ccc(O)cc1. The van der Waals surface area contributed by atoms with E-state index in [-0.39, 0.29) is 46.2 Å². The van der Waals surface area contributed by atoms with Crippen LogP contribution in [-0.4, -0.2) is 46.8 Å². The molecule has 258 valence electrons. The Morgan fingerprint density at radius 3 is 2.44 bits per heavy atom. The van der Waals surface area contributed by atoms with Crippen LogP contribution in [0.2, 0.25) is 0 Å². The van der Waals surface area contributed by atoms with Gasteiger partial charge in [-0.25, -0.2) is 4.90 Å². The van der Waals surface area contributed by atoms with Crippen LogP contribution in [0.5, 0.6) is 17.2 Å². The van der Waals surface area contributed by atoms with Crippen LogP contribution in [-0.2, 0) is 20.6 Å². The number of phenols is 1. The summed E-state index contributed by atoms with van der Waals surface area (Å²) in [5.74, 6) is -3.69. The number of aromatic hydroxyl groups is 1. The molecule has 50 heavy (non-hydrogen) atoms. The molecule has 0 radical (unpaired) electrons. The number of fused-ring (bicyclic) bond motifs is 9. The van der Waals surface area contributed by atoms with Crippen LogP contribution >= 0.6 is 23.1 Å². The van der Waals surface area contributed by atoms with Crippen molar-refractivity contribution in [2.75, 3.05) is 23.9 Å². The minimum absolute atomic E-state index is 0.0632. The fourth-order valence-electron chi connectivity index (χ4n) is 8.42. The number of hydrogen-bond acceptors (Lipinski definition) is 9. The third-order valence-electron chi connectivity index (χ3n) is 10.2. The second-order valence-electron chi connectivity index (χ2n) is 12.8. The van der Waals surface area contributed by atoms with Gasteiger partial charge in [0.1, 0.15) is 5.75 Å². The molecule has 4 aromatic rings. The summed E-state index contributed by atoms with van der Waals surface area (Å²) in [6.45, 7) is -0.331. The number of hydrogen-bond donors (Lipinski definition) is 3. The molecule has 1 aromatic heterocycles. The minimum atomic E-state index is -4.76. The van der Waals surface area contributed by atoms with Crippen LogP contribution in [0.25, 0.3) is 0 Å². The average Bonchev–Trinajstić information content (AvgIpc) is 3.83. The monoisotopic (exact) mass is 723 g/mol. The molecule has 2 aliphatic carbocycles. The molecule has 15 heteroatoms. The van der Waals surface area contributed by atoms with Crippen molar-refractivity contribution in [2.45, 2.75) is 28.8 Å². The van der Waals surface area contributed by atoms with Gasteiger partial charge in [-0.05, 0) is 78.3 Å². The molecule has 0 unspecified atom stereocenters. The summed E-state index contributed by atoms with van der Waals surface area (Å²) in [5, 5.41) is 12.7. The first-order valence-electron chi connectivity index (χ1n) is 15.8. The largest absolute Gasteiger partial charge is 0.508 e. The number of carbonyl (C=O) groups is 3. The van der Waals surface area contributed by atoms with Crippen molar-refractivity contribution < 1.29 is 42.1 Å². The first kappa shape index (κ1) is 32.4. The van der Waals surface area contributed by atoms with Gasteiger partial charge in [-0.1, -0.05) is 29.5 Å². The number of imide groups is 1. The molecule has 8 rings (SSSR count). The molecule has 3 N–H and O–H groups in total. The number of amides is 3. The molecule has 7 atom stereocenters. The summed E-state index contributed by atoms with van der Waals surface area (Å²) in [5.41, 5.74) is -0.232. The second kappa shape index (κ2) is 11.9. The molecule has 3 amide bonds. The van der Waals surface area contributed by atoms with E-state index in [0.717, 1.165) is 32.7 Å². The maximum absolute atomic E-state index is 14.0. The third kappa shape index (κ3) is 5.16. The Labute approximate surface area is 290 Å². The summed E-state index contributed by atoms with van der Waals surface area (Å²) >= 11 is 2.54. The standard InChI is InChI=1S/C35H28F3N3O7S2/c1-47-23-12-15(6-11-22(23)48-14-24(43)39-16-7-9-17(42)10-8-16)25-26-18-13-19(29(26)49-31-30(25)50-34(46)40-31)28-27(18)32(44)41(33(28)45)21-5-3-2-4-20(21)35(36,37)38/h2-12,18-19,25-29,42H,13-14H2,1H3,(H,39,43)(H,40,46)/t18-,19-,25+,26-,27+,28+,29-/m1/s1. The highest BCUT2D eigenvalue weighted by atomic mass is 32.2. The fourth-order valence-corrected chi connectivity index (χ4v) is 11.3. The topological polar surface area (TPSA) is 138 Å². The number of nitrogens with one attached hydrogen (secondary N) is 2.